The Kier molecular flexibility index (Phi) is 4.31. The van der Waals surface area contributed by atoms with Crippen molar-refractivity contribution in [2.24, 2.45) is 0 Å². The maximum absolute atomic E-state index is 13.8. The number of nitrogens with zero attached hydrogens (tertiary/aromatic N) is 2. The van der Waals surface area contributed by atoms with Crippen molar-refractivity contribution in [3.8, 4) is 0 Å². The number of benzene rings is 1. The van der Waals surface area contributed by atoms with Crippen LogP contribution >= 0.6 is 11.8 Å². The van der Waals surface area contributed by atoms with E-state index < -0.39 is 0 Å². The molecular formula is C13H13FN2O2S. The lowest BCUT2D eigenvalue weighted by Crippen LogP contribution is -2.08. The van der Waals surface area contributed by atoms with Gasteiger partial charge in [0.1, 0.15) is 17.2 Å². The van der Waals surface area contributed by atoms with Gasteiger partial charge < -0.3 is 4.74 Å². The number of hydrogen-bond acceptors (Lipinski definition) is 5. The van der Waals surface area contributed by atoms with Crippen molar-refractivity contribution in [2.45, 2.75) is 23.6 Å². The van der Waals surface area contributed by atoms with Gasteiger partial charge in [-0.3, -0.25) is 4.79 Å². The maximum Gasteiger partial charge on any atom is 0.306 e. The van der Waals surface area contributed by atoms with Gasteiger partial charge in [0, 0.05) is 5.25 Å². The molecule has 0 saturated carbocycles. The average molecular weight is 280 g/mol. The number of esters is 1. The molecule has 6 heteroatoms. The molecule has 1 aromatic carbocycles. The van der Waals surface area contributed by atoms with Gasteiger partial charge in [0.2, 0.25) is 0 Å². The van der Waals surface area contributed by atoms with Crippen molar-refractivity contribution in [1.82, 2.24) is 9.97 Å². The second kappa shape index (κ2) is 5.97. The Hall–Kier alpha value is -1.69. The zero-order valence-electron chi connectivity index (χ0n) is 10.6. The SMILES string of the molecule is COC(=O)C[C@@H](C)Sc1ncnc2cccc(F)c12. The van der Waals surface area contributed by atoms with E-state index in [1.807, 2.05) is 6.92 Å². The minimum atomic E-state index is -0.356. The zero-order chi connectivity index (χ0) is 13.8. The number of carbonyl (C=O) groups excluding carboxylic acids is 1. The van der Waals surface area contributed by atoms with Gasteiger partial charge in [-0.25, -0.2) is 14.4 Å². The van der Waals surface area contributed by atoms with Gasteiger partial charge in [-0.05, 0) is 12.1 Å². The van der Waals surface area contributed by atoms with Gasteiger partial charge in [0.15, 0.2) is 0 Å². The summed E-state index contributed by atoms with van der Waals surface area (Å²) in [5, 5.41) is 0.886. The molecule has 0 saturated heterocycles. The molecule has 0 N–H and O–H groups in total. The lowest BCUT2D eigenvalue weighted by molar-refractivity contribution is -0.140. The van der Waals surface area contributed by atoms with Crippen LogP contribution in [-0.2, 0) is 9.53 Å². The molecular weight excluding hydrogens is 267 g/mol. The minimum absolute atomic E-state index is 0.0508. The van der Waals surface area contributed by atoms with Crippen molar-refractivity contribution in [3.05, 3.63) is 30.3 Å². The number of halogens is 1. The van der Waals surface area contributed by atoms with Crippen molar-refractivity contribution >= 4 is 28.6 Å². The highest BCUT2D eigenvalue weighted by molar-refractivity contribution is 8.00. The van der Waals surface area contributed by atoms with Gasteiger partial charge >= 0.3 is 5.97 Å². The fourth-order valence-corrected chi connectivity index (χ4v) is 2.71. The van der Waals surface area contributed by atoms with E-state index in [2.05, 4.69) is 14.7 Å². The number of thioether (sulfide) groups is 1. The number of methoxy groups -OCH3 is 1. The average Bonchev–Trinajstić information content (AvgIpc) is 2.38. The standard InChI is InChI=1S/C13H13FN2O2S/c1-8(6-11(17)18-2)19-13-12-9(14)4-3-5-10(12)15-7-16-13/h3-5,7-8H,6H2,1-2H3/t8-/m1/s1. The molecule has 19 heavy (non-hydrogen) atoms. The fourth-order valence-electron chi connectivity index (χ4n) is 1.68. The monoisotopic (exact) mass is 280 g/mol. The predicted octanol–water partition coefficient (Wildman–Crippen LogP) is 2.81. The van der Waals surface area contributed by atoms with Crippen LogP contribution in [0.15, 0.2) is 29.6 Å². The largest absolute Gasteiger partial charge is 0.469 e. The van der Waals surface area contributed by atoms with Crippen LogP contribution in [0.1, 0.15) is 13.3 Å². The van der Waals surface area contributed by atoms with Gasteiger partial charge in [-0.2, -0.15) is 0 Å². The van der Waals surface area contributed by atoms with Gasteiger partial charge in [0.25, 0.3) is 0 Å². The molecule has 0 fully saturated rings. The van der Waals surface area contributed by atoms with E-state index in [4.69, 9.17) is 0 Å². The summed E-state index contributed by atoms with van der Waals surface area (Å²) in [4.78, 5) is 19.3. The summed E-state index contributed by atoms with van der Waals surface area (Å²) >= 11 is 1.34. The number of rotatable bonds is 4. The molecule has 0 bridgehead atoms. The Morgan fingerprint density at radius 2 is 2.26 bits per heavy atom. The highest BCUT2D eigenvalue weighted by Crippen LogP contribution is 2.30. The fraction of sp³-hybridized carbons (Fsp3) is 0.308. The molecule has 0 amide bonds. The summed E-state index contributed by atoms with van der Waals surface area (Å²) in [7, 11) is 1.35. The van der Waals surface area contributed by atoms with Crippen LogP contribution in [0.25, 0.3) is 10.9 Å². The van der Waals surface area contributed by atoms with Crippen molar-refractivity contribution in [3.63, 3.8) is 0 Å². The van der Waals surface area contributed by atoms with Crippen LogP contribution in [-0.4, -0.2) is 28.3 Å². The van der Waals surface area contributed by atoms with Gasteiger partial charge in [-0.1, -0.05) is 13.0 Å². The van der Waals surface area contributed by atoms with E-state index in [1.165, 1.54) is 31.3 Å². The first-order chi connectivity index (χ1) is 9.11. The Balaban J connectivity index is 2.28. The summed E-state index contributed by atoms with van der Waals surface area (Å²) in [6, 6.07) is 4.72. The summed E-state index contributed by atoms with van der Waals surface area (Å²) in [6.07, 6.45) is 1.65. The summed E-state index contributed by atoms with van der Waals surface area (Å²) < 4.78 is 18.5. The van der Waals surface area contributed by atoms with Crippen molar-refractivity contribution in [1.29, 1.82) is 0 Å². The Bertz CT molecular complexity index is 601. The van der Waals surface area contributed by atoms with E-state index in [0.29, 0.717) is 15.9 Å². The van der Waals surface area contributed by atoms with Crippen LogP contribution in [0.3, 0.4) is 0 Å². The molecule has 2 aromatic rings. The highest BCUT2D eigenvalue weighted by Gasteiger charge is 2.15. The van der Waals surface area contributed by atoms with E-state index in [1.54, 1.807) is 12.1 Å². The lowest BCUT2D eigenvalue weighted by atomic mass is 10.2. The number of hydrogen-bond donors (Lipinski definition) is 0. The van der Waals surface area contributed by atoms with Crippen LogP contribution < -0.4 is 0 Å². The first kappa shape index (κ1) is 13.7. The Morgan fingerprint density at radius 3 is 3.00 bits per heavy atom. The molecule has 0 spiro atoms. The lowest BCUT2D eigenvalue weighted by Gasteiger charge is -2.10. The molecule has 2 rings (SSSR count). The van der Waals surface area contributed by atoms with Crippen LogP contribution in [0.5, 0.6) is 0 Å². The molecule has 4 nitrogen and oxygen atoms in total. The predicted molar refractivity (Wildman–Crippen MR) is 71.4 cm³/mol. The molecule has 1 aromatic heterocycles. The second-order valence-corrected chi connectivity index (χ2v) is 5.45. The Morgan fingerprint density at radius 1 is 1.47 bits per heavy atom. The summed E-state index contributed by atoms with van der Waals surface area (Å²) in [5.74, 6) is -0.648. The van der Waals surface area contributed by atoms with E-state index in [0.717, 1.165) is 0 Å². The zero-order valence-corrected chi connectivity index (χ0v) is 11.4. The van der Waals surface area contributed by atoms with Crippen LogP contribution in [0.2, 0.25) is 0 Å². The number of carbonyl (C=O) groups is 1. The molecule has 1 heterocycles. The smallest absolute Gasteiger partial charge is 0.306 e. The molecule has 0 unspecified atom stereocenters. The second-order valence-electron chi connectivity index (χ2n) is 4.02. The van der Waals surface area contributed by atoms with Crippen LogP contribution in [0.4, 0.5) is 4.39 Å². The summed E-state index contributed by atoms with van der Waals surface area (Å²) in [6.45, 7) is 1.87. The van der Waals surface area contributed by atoms with E-state index in [9.17, 15) is 9.18 Å². The molecule has 0 aliphatic rings. The topological polar surface area (TPSA) is 52.1 Å². The third kappa shape index (κ3) is 3.20. The molecule has 1 atom stereocenters. The van der Waals surface area contributed by atoms with E-state index >= 15 is 0 Å². The van der Waals surface area contributed by atoms with Crippen molar-refractivity contribution in [2.75, 3.05) is 7.11 Å². The number of aromatic nitrogens is 2. The Labute approximate surface area is 114 Å². The summed E-state index contributed by atoms with van der Waals surface area (Å²) in [5.41, 5.74) is 0.558. The minimum Gasteiger partial charge on any atom is -0.469 e. The van der Waals surface area contributed by atoms with Gasteiger partial charge in [0.05, 0.1) is 24.4 Å². The first-order valence-corrected chi connectivity index (χ1v) is 6.62. The van der Waals surface area contributed by atoms with Crippen molar-refractivity contribution < 1.29 is 13.9 Å². The molecule has 100 valence electrons. The number of ether oxygens (including phenoxy) is 1. The third-order valence-corrected chi connectivity index (χ3v) is 3.67. The molecule has 0 aliphatic heterocycles. The molecule has 0 radical (unpaired) electrons. The van der Waals surface area contributed by atoms with E-state index in [-0.39, 0.29) is 23.5 Å². The highest BCUT2D eigenvalue weighted by atomic mass is 32.2. The van der Waals surface area contributed by atoms with Crippen LogP contribution in [0, 0.1) is 5.82 Å². The number of fused-ring (bicyclic) bond motifs is 1. The first-order valence-electron chi connectivity index (χ1n) is 5.74. The normalized spacial score (nSPS) is 12.4. The third-order valence-electron chi connectivity index (χ3n) is 2.57. The van der Waals surface area contributed by atoms with Gasteiger partial charge in [-0.15, -0.1) is 11.8 Å². The quantitative estimate of drug-likeness (QED) is 0.489. The maximum atomic E-state index is 13.8. The molecule has 0 aliphatic carbocycles.